The highest BCUT2D eigenvalue weighted by molar-refractivity contribution is 7.80. The largest absolute Gasteiger partial charge is 0.388 e. The molecule has 0 saturated heterocycles. The molecule has 1 heterocycles. The van der Waals surface area contributed by atoms with Gasteiger partial charge in [0.05, 0.1) is 11.9 Å². The minimum absolute atomic E-state index is 0.295. The quantitative estimate of drug-likeness (QED) is 0.739. The summed E-state index contributed by atoms with van der Waals surface area (Å²) in [4.78, 5) is 8.61. The van der Waals surface area contributed by atoms with Gasteiger partial charge in [0.1, 0.15) is 10.7 Å². The molecule has 0 bridgehead atoms. The van der Waals surface area contributed by atoms with Gasteiger partial charge in [-0.25, -0.2) is 0 Å². The molecule has 0 spiro atoms. The van der Waals surface area contributed by atoms with Gasteiger partial charge >= 0.3 is 0 Å². The Morgan fingerprint density at radius 3 is 2.54 bits per heavy atom. The van der Waals surface area contributed by atoms with Crippen LogP contribution in [0.3, 0.4) is 0 Å². The van der Waals surface area contributed by atoms with Gasteiger partial charge in [-0.2, -0.15) is 0 Å². The van der Waals surface area contributed by atoms with Gasteiger partial charge in [0.2, 0.25) is 0 Å². The summed E-state index contributed by atoms with van der Waals surface area (Å²) < 4.78 is 0. The molecule has 2 N–H and O–H groups in total. The molecule has 1 aromatic heterocycles. The third-order valence-corrected chi connectivity index (χ3v) is 1.78. The van der Waals surface area contributed by atoms with Crippen LogP contribution in [0.1, 0.15) is 25.2 Å². The molecular formula is C9H13N3S. The molecule has 0 fully saturated rings. The van der Waals surface area contributed by atoms with E-state index in [2.05, 4.69) is 23.8 Å². The summed E-state index contributed by atoms with van der Waals surface area (Å²) in [5, 5.41) is 0. The van der Waals surface area contributed by atoms with Gasteiger partial charge in [0, 0.05) is 6.20 Å². The Hall–Kier alpha value is -1.03. The number of nitrogens with zero attached hydrogens (tertiary/aromatic N) is 2. The van der Waals surface area contributed by atoms with Gasteiger partial charge in [-0.05, 0) is 12.3 Å². The van der Waals surface area contributed by atoms with Crippen molar-refractivity contribution >= 4 is 17.2 Å². The van der Waals surface area contributed by atoms with E-state index in [1.165, 1.54) is 0 Å². The van der Waals surface area contributed by atoms with E-state index in [0.29, 0.717) is 16.6 Å². The second-order valence-corrected chi connectivity index (χ2v) is 3.80. The van der Waals surface area contributed by atoms with E-state index < -0.39 is 0 Å². The number of rotatable bonds is 3. The third kappa shape index (κ3) is 3.06. The molecule has 0 amide bonds. The van der Waals surface area contributed by atoms with E-state index in [1.54, 1.807) is 12.4 Å². The second kappa shape index (κ2) is 4.28. The zero-order valence-electron chi connectivity index (χ0n) is 7.82. The van der Waals surface area contributed by atoms with Crippen LogP contribution in [0.15, 0.2) is 12.4 Å². The van der Waals surface area contributed by atoms with Gasteiger partial charge in [-0.1, -0.05) is 26.1 Å². The van der Waals surface area contributed by atoms with Crippen LogP contribution < -0.4 is 5.73 Å². The lowest BCUT2D eigenvalue weighted by Gasteiger charge is -2.03. The van der Waals surface area contributed by atoms with Crippen molar-refractivity contribution in [2.24, 2.45) is 11.7 Å². The summed E-state index contributed by atoms with van der Waals surface area (Å²) in [6.07, 6.45) is 4.29. The Morgan fingerprint density at radius 2 is 2.15 bits per heavy atom. The zero-order valence-corrected chi connectivity index (χ0v) is 8.64. The second-order valence-electron chi connectivity index (χ2n) is 3.36. The maximum Gasteiger partial charge on any atom is 0.124 e. The standard InChI is InChI=1S/C9H13N3S/c1-6(2)3-7-4-12-8(5-11-7)9(10)13/h4-6H,3H2,1-2H3,(H2,10,13). The van der Waals surface area contributed by atoms with E-state index in [0.717, 1.165) is 12.1 Å². The number of aromatic nitrogens is 2. The third-order valence-electron chi connectivity index (χ3n) is 1.58. The molecule has 0 aromatic carbocycles. The Kier molecular flexibility index (Phi) is 3.31. The molecule has 13 heavy (non-hydrogen) atoms. The van der Waals surface area contributed by atoms with Crippen LogP contribution in [0.2, 0.25) is 0 Å². The minimum Gasteiger partial charge on any atom is -0.388 e. The molecule has 0 aliphatic carbocycles. The Balaban J connectivity index is 2.75. The van der Waals surface area contributed by atoms with Crippen molar-refractivity contribution in [3.05, 3.63) is 23.8 Å². The van der Waals surface area contributed by atoms with Gasteiger partial charge in [-0.15, -0.1) is 0 Å². The lowest BCUT2D eigenvalue weighted by Crippen LogP contribution is -2.12. The fourth-order valence-corrected chi connectivity index (χ4v) is 1.11. The highest BCUT2D eigenvalue weighted by Gasteiger charge is 2.01. The fraction of sp³-hybridized carbons (Fsp3) is 0.444. The van der Waals surface area contributed by atoms with Crippen LogP contribution >= 0.6 is 12.2 Å². The maximum absolute atomic E-state index is 5.39. The fourth-order valence-electron chi connectivity index (χ4n) is 1.01. The van der Waals surface area contributed by atoms with Gasteiger partial charge in [-0.3, -0.25) is 9.97 Å². The molecule has 0 aliphatic heterocycles. The highest BCUT2D eigenvalue weighted by Crippen LogP contribution is 2.03. The van der Waals surface area contributed by atoms with Gasteiger partial charge in [0.25, 0.3) is 0 Å². The van der Waals surface area contributed by atoms with Crippen molar-refractivity contribution in [2.45, 2.75) is 20.3 Å². The van der Waals surface area contributed by atoms with E-state index in [9.17, 15) is 0 Å². The van der Waals surface area contributed by atoms with Crippen LogP contribution in [0.5, 0.6) is 0 Å². The molecule has 0 atom stereocenters. The summed E-state index contributed by atoms with van der Waals surface area (Å²) in [6, 6.07) is 0. The molecule has 0 radical (unpaired) electrons. The van der Waals surface area contributed by atoms with Crippen molar-refractivity contribution in [1.29, 1.82) is 0 Å². The lowest BCUT2D eigenvalue weighted by molar-refractivity contribution is 0.633. The Labute approximate surface area is 83.4 Å². The number of nitrogens with two attached hydrogens (primary N) is 1. The summed E-state index contributed by atoms with van der Waals surface area (Å²) in [6.45, 7) is 4.28. The molecule has 0 aliphatic rings. The molecule has 0 saturated carbocycles. The zero-order chi connectivity index (χ0) is 9.84. The SMILES string of the molecule is CC(C)Cc1cnc(C(N)=S)cn1. The first-order valence-corrected chi connectivity index (χ1v) is 4.61. The molecule has 4 heteroatoms. The lowest BCUT2D eigenvalue weighted by atomic mass is 10.1. The van der Waals surface area contributed by atoms with E-state index in [4.69, 9.17) is 18.0 Å². The monoisotopic (exact) mass is 195 g/mol. The molecular weight excluding hydrogens is 182 g/mol. The number of thiocarbonyl (C=S) groups is 1. The smallest absolute Gasteiger partial charge is 0.124 e. The summed E-state index contributed by atoms with van der Waals surface area (Å²) in [5.74, 6) is 0.588. The topological polar surface area (TPSA) is 51.8 Å². The predicted molar refractivity (Wildman–Crippen MR) is 56.5 cm³/mol. The van der Waals surface area contributed by atoms with E-state index in [-0.39, 0.29) is 0 Å². The average molecular weight is 195 g/mol. The van der Waals surface area contributed by atoms with E-state index in [1.807, 2.05) is 0 Å². The first-order chi connectivity index (χ1) is 6.09. The maximum atomic E-state index is 5.39. The molecule has 70 valence electrons. The van der Waals surface area contributed by atoms with Crippen molar-refractivity contribution in [1.82, 2.24) is 9.97 Å². The highest BCUT2D eigenvalue weighted by atomic mass is 32.1. The number of hydrogen-bond donors (Lipinski definition) is 1. The van der Waals surface area contributed by atoms with E-state index >= 15 is 0 Å². The average Bonchev–Trinajstić information content (AvgIpc) is 2.04. The Bertz CT molecular complexity index is 292. The van der Waals surface area contributed by atoms with Crippen LogP contribution in [0, 0.1) is 5.92 Å². The Morgan fingerprint density at radius 1 is 1.46 bits per heavy atom. The van der Waals surface area contributed by atoms with Crippen LogP contribution in [0.4, 0.5) is 0 Å². The summed E-state index contributed by atoms with van der Waals surface area (Å²) in [7, 11) is 0. The van der Waals surface area contributed by atoms with Crippen LogP contribution in [0.25, 0.3) is 0 Å². The number of hydrogen-bond acceptors (Lipinski definition) is 3. The first kappa shape index (κ1) is 10.1. The summed E-state index contributed by atoms with van der Waals surface area (Å²) >= 11 is 4.77. The molecule has 0 unspecified atom stereocenters. The van der Waals surface area contributed by atoms with Crippen LogP contribution in [-0.2, 0) is 6.42 Å². The normalized spacial score (nSPS) is 10.4. The molecule has 3 nitrogen and oxygen atoms in total. The van der Waals surface area contributed by atoms with Gasteiger partial charge in [0.15, 0.2) is 0 Å². The van der Waals surface area contributed by atoms with Gasteiger partial charge < -0.3 is 5.73 Å². The predicted octanol–water partition coefficient (Wildman–Crippen LogP) is 1.31. The minimum atomic E-state index is 0.295. The molecule has 1 rings (SSSR count). The molecule has 1 aromatic rings. The van der Waals surface area contributed by atoms with Crippen molar-refractivity contribution in [3.63, 3.8) is 0 Å². The summed E-state index contributed by atoms with van der Waals surface area (Å²) in [5.41, 5.74) is 6.96. The van der Waals surface area contributed by atoms with Crippen molar-refractivity contribution in [3.8, 4) is 0 Å². The van der Waals surface area contributed by atoms with Crippen molar-refractivity contribution < 1.29 is 0 Å². The first-order valence-electron chi connectivity index (χ1n) is 4.20. The van der Waals surface area contributed by atoms with Crippen molar-refractivity contribution in [2.75, 3.05) is 0 Å². The van der Waals surface area contributed by atoms with Crippen LogP contribution in [-0.4, -0.2) is 15.0 Å².